The Balaban J connectivity index is 1.88. The molecule has 0 saturated carbocycles. The molecule has 0 spiro atoms. The van der Waals surface area contributed by atoms with Crippen LogP contribution in [0.1, 0.15) is 36.1 Å². The predicted octanol–water partition coefficient (Wildman–Crippen LogP) is 5.61. The molecule has 2 rings (SSSR count). The lowest BCUT2D eigenvalue weighted by Crippen LogP contribution is -2.15. The van der Waals surface area contributed by atoms with Gasteiger partial charge in [-0.3, -0.25) is 4.98 Å². The van der Waals surface area contributed by atoms with Crippen molar-refractivity contribution in [1.29, 1.82) is 0 Å². The monoisotopic (exact) mass is 329 g/mol. The van der Waals surface area contributed by atoms with Crippen molar-refractivity contribution in [2.75, 3.05) is 0 Å². The van der Waals surface area contributed by atoms with Gasteiger partial charge in [0.25, 0.3) is 5.92 Å². The van der Waals surface area contributed by atoms with Crippen LogP contribution in [-0.2, 0) is 18.5 Å². The third kappa shape index (κ3) is 5.01. The second-order valence-corrected chi connectivity index (χ2v) is 5.33. The zero-order chi connectivity index (χ0) is 16.9. The number of alkyl halides is 5. The number of benzene rings is 1. The molecule has 0 fully saturated rings. The van der Waals surface area contributed by atoms with Gasteiger partial charge in [0, 0.05) is 18.2 Å². The van der Waals surface area contributed by atoms with Crippen LogP contribution in [0.2, 0.25) is 0 Å². The molecule has 6 heteroatoms. The zero-order valence-electron chi connectivity index (χ0n) is 12.3. The van der Waals surface area contributed by atoms with Gasteiger partial charge in [0.05, 0.1) is 0 Å². The Morgan fingerprint density at radius 1 is 0.826 bits per heavy atom. The van der Waals surface area contributed by atoms with Crippen molar-refractivity contribution in [1.82, 2.24) is 4.98 Å². The summed E-state index contributed by atoms with van der Waals surface area (Å²) < 4.78 is 65.1. The fourth-order valence-corrected chi connectivity index (χ4v) is 2.24. The number of nitrogens with zero attached hydrogens (tertiary/aromatic N) is 1. The van der Waals surface area contributed by atoms with Crippen molar-refractivity contribution < 1.29 is 22.0 Å². The van der Waals surface area contributed by atoms with E-state index in [9.17, 15) is 22.0 Å². The van der Waals surface area contributed by atoms with Gasteiger partial charge in [-0.25, -0.2) is 8.78 Å². The van der Waals surface area contributed by atoms with Gasteiger partial charge < -0.3 is 0 Å². The van der Waals surface area contributed by atoms with E-state index in [0.29, 0.717) is 25.1 Å². The van der Waals surface area contributed by atoms with Crippen molar-refractivity contribution in [2.45, 2.75) is 37.8 Å². The summed E-state index contributed by atoms with van der Waals surface area (Å²) in [4.78, 5) is 3.09. The average molecular weight is 329 g/mol. The van der Waals surface area contributed by atoms with Crippen LogP contribution in [0.4, 0.5) is 22.0 Å². The Hall–Kier alpha value is -1.98. The highest BCUT2D eigenvalue weighted by molar-refractivity contribution is 5.20. The summed E-state index contributed by atoms with van der Waals surface area (Å²) in [5.74, 6) is -3.17. The topological polar surface area (TPSA) is 12.9 Å². The van der Waals surface area contributed by atoms with E-state index in [0.717, 1.165) is 11.6 Å². The van der Waals surface area contributed by atoms with Crippen molar-refractivity contribution in [2.24, 2.45) is 0 Å². The number of unbranched alkanes of at least 4 members (excludes halogenated alkanes) is 1. The third-order valence-corrected chi connectivity index (χ3v) is 3.53. The van der Waals surface area contributed by atoms with Crippen LogP contribution in [0.15, 0.2) is 48.7 Å². The molecule has 1 heterocycles. The average Bonchev–Trinajstić information content (AvgIpc) is 2.52. The SMILES string of the molecule is FC(F)(F)c1ccc(C(F)(F)CCCCc2ccccc2)cn1. The molecule has 1 nitrogen and oxygen atoms in total. The largest absolute Gasteiger partial charge is 0.433 e. The predicted molar refractivity (Wildman–Crippen MR) is 77.1 cm³/mol. The summed E-state index contributed by atoms with van der Waals surface area (Å²) in [5.41, 5.74) is -0.571. The van der Waals surface area contributed by atoms with E-state index in [4.69, 9.17) is 0 Å². The van der Waals surface area contributed by atoms with Crippen LogP contribution in [0.25, 0.3) is 0 Å². The molecule has 1 aromatic carbocycles. The van der Waals surface area contributed by atoms with Crippen LogP contribution in [0.3, 0.4) is 0 Å². The van der Waals surface area contributed by atoms with E-state index >= 15 is 0 Å². The van der Waals surface area contributed by atoms with Gasteiger partial charge in [-0.05, 0) is 37.0 Å². The fraction of sp³-hybridized carbons (Fsp3) is 0.353. The summed E-state index contributed by atoms with van der Waals surface area (Å²) in [7, 11) is 0. The number of rotatable bonds is 6. The molecule has 1 aromatic heterocycles. The quantitative estimate of drug-likeness (QED) is 0.496. The molecule has 0 amide bonds. The number of aromatic nitrogens is 1. The summed E-state index contributed by atoms with van der Waals surface area (Å²) >= 11 is 0. The molecule has 0 atom stereocenters. The van der Waals surface area contributed by atoms with Gasteiger partial charge in [-0.1, -0.05) is 30.3 Å². The lowest BCUT2D eigenvalue weighted by molar-refractivity contribution is -0.141. The van der Waals surface area contributed by atoms with Gasteiger partial charge >= 0.3 is 6.18 Å². The van der Waals surface area contributed by atoms with E-state index in [2.05, 4.69) is 4.98 Å². The molecule has 124 valence electrons. The molecular formula is C17H16F5N. The highest BCUT2D eigenvalue weighted by Gasteiger charge is 2.35. The number of hydrogen-bond acceptors (Lipinski definition) is 1. The molecule has 0 saturated heterocycles. The van der Waals surface area contributed by atoms with Crippen molar-refractivity contribution in [3.63, 3.8) is 0 Å². The summed E-state index contributed by atoms with van der Waals surface area (Å²) in [6.07, 6.45) is -2.85. The first-order valence-corrected chi connectivity index (χ1v) is 7.24. The Morgan fingerprint density at radius 3 is 2.09 bits per heavy atom. The van der Waals surface area contributed by atoms with Gasteiger partial charge in [0.1, 0.15) is 5.69 Å². The van der Waals surface area contributed by atoms with Crippen molar-refractivity contribution in [3.05, 3.63) is 65.5 Å². The first kappa shape index (κ1) is 17.4. The minimum Gasteiger partial charge on any atom is -0.251 e. The van der Waals surface area contributed by atoms with Crippen LogP contribution in [-0.4, -0.2) is 4.98 Å². The van der Waals surface area contributed by atoms with E-state index in [1.54, 1.807) is 0 Å². The molecule has 23 heavy (non-hydrogen) atoms. The molecule has 0 radical (unpaired) electrons. The van der Waals surface area contributed by atoms with E-state index in [1.807, 2.05) is 30.3 Å². The lowest BCUT2D eigenvalue weighted by atomic mass is 10.0. The van der Waals surface area contributed by atoms with E-state index < -0.39 is 29.8 Å². The molecule has 0 unspecified atom stereocenters. The van der Waals surface area contributed by atoms with Gasteiger partial charge in [-0.2, -0.15) is 13.2 Å². The zero-order valence-corrected chi connectivity index (χ0v) is 12.3. The molecular weight excluding hydrogens is 313 g/mol. The van der Waals surface area contributed by atoms with Crippen LogP contribution >= 0.6 is 0 Å². The molecule has 0 aliphatic heterocycles. The highest BCUT2D eigenvalue weighted by atomic mass is 19.4. The summed E-state index contributed by atoms with van der Waals surface area (Å²) in [5, 5.41) is 0. The van der Waals surface area contributed by atoms with Gasteiger partial charge in [0.15, 0.2) is 0 Å². The number of halogens is 5. The Bertz CT molecular complexity index is 605. The second-order valence-electron chi connectivity index (χ2n) is 5.33. The molecule has 0 aliphatic carbocycles. The standard InChI is InChI=1S/C17H16F5N/c18-16(19,11-5-4-8-13-6-2-1-3-7-13)14-9-10-15(23-12-14)17(20,21)22/h1-3,6-7,9-10,12H,4-5,8,11H2. The van der Waals surface area contributed by atoms with Gasteiger partial charge in [0.2, 0.25) is 0 Å². The maximum atomic E-state index is 14.0. The van der Waals surface area contributed by atoms with E-state index in [-0.39, 0.29) is 6.42 Å². The molecule has 0 N–H and O–H groups in total. The van der Waals surface area contributed by atoms with Crippen LogP contribution in [0, 0.1) is 0 Å². The number of hydrogen-bond donors (Lipinski definition) is 0. The molecule has 0 bridgehead atoms. The molecule has 2 aromatic rings. The van der Waals surface area contributed by atoms with Crippen LogP contribution in [0.5, 0.6) is 0 Å². The number of pyridine rings is 1. The minimum absolute atomic E-state index is 0.281. The number of aryl methyl sites for hydroxylation is 1. The first-order valence-electron chi connectivity index (χ1n) is 7.24. The van der Waals surface area contributed by atoms with Crippen molar-refractivity contribution >= 4 is 0 Å². The normalized spacial score (nSPS) is 12.4. The highest BCUT2D eigenvalue weighted by Crippen LogP contribution is 2.35. The summed E-state index contributed by atoms with van der Waals surface area (Å²) in [6, 6.07) is 10.9. The Labute approximate surface area is 131 Å². The van der Waals surface area contributed by atoms with Crippen LogP contribution < -0.4 is 0 Å². The lowest BCUT2D eigenvalue weighted by Gasteiger charge is -2.17. The first-order chi connectivity index (χ1) is 10.8. The summed E-state index contributed by atoms with van der Waals surface area (Å²) in [6.45, 7) is 0. The fourth-order valence-electron chi connectivity index (χ4n) is 2.24. The molecule has 0 aliphatic rings. The third-order valence-electron chi connectivity index (χ3n) is 3.53. The van der Waals surface area contributed by atoms with E-state index in [1.165, 1.54) is 0 Å². The van der Waals surface area contributed by atoms with Gasteiger partial charge in [-0.15, -0.1) is 0 Å². The Morgan fingerprint density at radius 2 is 1.52 bits per heavy atom. The van der Waals surface area contributed by atoms with Crippen molar-refractivity contribution in [3.8, 4) is 0 Å². The minimum atomic E-state index is -4.62. The Kier molecular flexibility index (Phi) is 5.34. The maximum absolute atomic E-state index is 14.0. The second kappa shape index (κ2) is 7.06. The maximum Gasteiger partial charge on any atom is 0.433 e. The smallest absolute Gasteiger partial charge is 0.251 e.